The number of benzene rings is 2. The first-order valence-electron chi connectivity index (χ1n) is 7.80. The van der Waals surface area contributed by atoms with Crippen LogP contribution in [0.1, 0.15) is 17.0 Å². The molecule has 0 radical (unpaired) electrons. The standard InChI is InChI=1S/C19H21NO3/c1-23-16-9-7-15(8-10-16)17-12-20(13-18(17)19(21)22)11-14-5-3-2-4-6-14/h2-10,17-18H,11-13H2,1H3,(H,21,22)/t17-,18-/m0/s1. The van der Waals surface area contributed by atoms with Gasteiger partial charge in [0.25, 0.3) is 0 Å². The fourth-order valence-electron chi connectivity index (χ4n) is 3.30. The van der Waals surface area contributed by atoms with Crippen LogP contribution in [0, 0.1) is 5.92 Å². The van der Waals surface area contributed by atoms with Crippen molar-refractivity contribution < 1.29 is 14.6 Å². The van der Waals surface area contributed by atoms with E-state index in [1.165, 1.54) is 5.56 Å². The minimum Gasteiger partial charge on any atom is -0.497 e. The van der Waals surface area contributed by atoms with Gasteiger partial charge < -0.3 is 9.84 Å². The Hall–Kier alpha value is -2.33. The van der Waals surface area contributed by atoms with E-state index in [2.05, 4.69) is 17.0 Å². The Morgan fingerprint density at radius 3 is 2.43 bits per heavy atom. The second-order valence-corrected chi connectivity index (χ2v) is 6.00. The molecule has 3 rings (SSSR count). The Morgan fingerprint density at radius 2 is 1.83 bits per heavy atom. The molecule has 2 atom stereocenters. The van der Waals surface area contributed by atoms with Crippen LogP contribution in [-0.2, 0) is 11.3 Å². The zero-order valence-electron chi connectivity index (χ0n) is 13.2. The number of nitrogens with zero attached hydrogens (tertiary/aromatic N) is 1. The van der Waals surface area contributed by atoms with E-state index in [1.807, 2.05) is 42.5 Å². The van der Waals surface area contributed by atoms with Crippen LogP contribution in [0.5, 0.6) is 5.75 Å². The predicted molar refractivity (Wildman–Crippen MR) is 88.6 cm³/mol. The highest BCUT2D eigenvalue weighted by molar-refractivity contribution is 5.72. The summed E-state index contributed by atoms with van der Waals surface area (Å²) in [6.07, 6.45) is 0. The predicted octanol–water partition coefficient (Wildman–Crippen LogP) is 3.00. The van der Waals surface area contributed by atoms with Crippen molar-refractivity contribution >= 4 is 5.97 Å². The zero-order valence-corrected chi connectivity index (χ0v) is 13.2. The number of carboxylic acid groups (broad SMARTS) is 1. The van der Waals surface area contributed by atoms with Gasteiger partial charge in [-0.25, -0.2) is 0 Å². The molecule has 0 amide bonds. The van der Waals surface area contributed by atoms with E-state index in [1.54, 1.807) is 7.11 Å². The summed E-state index contributed by atoms with van der Waals surface area (Å²) in [5.74, 6) is -0.282. The molecule has 0 unspecified atom stereocenters. The Morgan fingerprint density at radius 1 is 1.13 bits per heavy atom. The number of rotatable bonds is 5. The second-order valence-electron chi connectivity index (χ2n) is 6.00. The molecule has 2 aromatic carbocycles. The third-order valence-electron chi connectivity index (χ3n) is 4.51. The average Bonchev–Trinajstić information content (AvgIpc) is 3.00. The summed E-state index contributed by atoms with van der Waals surface area (Å²) < 4.78 is 5.18. The van der Waals surface area contributed by atoms with Crippen molar-refractivity contribution in [1.29, 1.82) is 0 Å². The number of hydrogen-bond donors (Lipinski definition) is 1. The smallest absolute Gasteiger partial charge is 0.308 e. The number of ether oxygens (including phenoxy) is 1. The molecule has 1 saturated heterocycles. The van der Waals surface area contributed by atoms with E-state index in [4.69, 9.17) is 4.74 Å². The molecule has 0 saturated carbocycles. The Labute approximate surface area is 136 Å². The van der Waals surface area contributed by atoms with Crippen molar-refractivity contribution in [2.24, 2.45) is 5.92 Å². The highest BCUT2D eigenvalue weighted by Crippen LogP contribution is 2.34. The molecule has 0 bridgehead atoms. The SMILES string of the molecule is COc1ccc([C@@H]2CN(Cc3ccccc3)C[C@@H]2C(=O)O)cc1. The molecule has 1 heterocycles. The van der Waals surface area contributed by atoms with Crippen molar-refractivity contribution in [3.63, 3.8) is 0 Å². The lowest BCUT2D eigenvalue weighted by atomic mass is 9.89. The van der Waals surface area contributed by atoms with Crippen molar-refractivity contribution in [2.75, 3.05) is 20.2 Å². The van der Waals surface area contributed by atoms with Crippen molar-refractivity contribution in [3.05, 3.63) is 65.7 Å². The van der Waals surface area contributed by atoms with Gasteiger partial charge in [-0.2, -0.15) is 0 Å². The number of hydrogen-bond acceptors (Lipinski definition) is 3. The van der Waals surface area contributed by atoms with Crippen LogP contribution in [-0.4, -0.2) is 36.2 Å². The monoisotopic (exact) mass is 311 g/mol. The number of methoxy groups -OCH3 is 1. The van der Waals surface area contributed by atoms with E-state index in [0.717, 1.165) is 24.4 Å². The molecule has 1 aliphatic rings. The Bertz CT molecular complexity index is 654. The number of likely N-dealkylation sites (tertiary alicyclic amines) is 1. The lowest BCUT2D eigenvalue weighted by Gasteiger charge is -2.16. The highest BCUT2D eigenvalue weighted by Gasteiger charge is 2.38. The van der Waals surface area contributed by atoms with Gasteiger partial charge in [-0.3, -0.25) is 9.69 Å². The molecule has 1 N–H and O–H groups in total. The van der Waals surface area contributed by atoms with Crippen LogP contribution in [0.4, 0.5) is 0 Å². The van der Waals surface area contributed by atoms with Gasteiger partial charge in [-0.05, 0) is 23.3 Å². The molecular weight excluding hydrogens is 290 g/mol. The number of carbonyl (C=O) groups is 1. The van der Waals surface area contributed by atoms with E-state index < -0.39 is 5.97 Å². The van der Waals surface area contributed by atoms with E-state index in [9.17, 15) is 9.90 Å². The van der Waals surface area contributed by atoms with E-state index >= 15 is 0 Å². The Balaban J connectivity index is 1.76. The molecular formula is C19H21NO3. The second kappa shape index (κ2) is 6.84. The van der Waals surface area contributed by atoms with E-state index in [-0.39, 0.29) is 11.8 Å². The van der Waals surface area contributed by atoms with Crippen LogP contribution < -0.4 is 4.74 Å². The van der Waals surface area contributed by atoms with Crippen molar-refractivity contribution in [3.8, 4) is 5.75 Å². The first-order valence-corrected chi connectivity index (χ1v) is 7.80. The molecule has 0 aromatic heterocycles. The molecule has 4 heteroatoms. The van der Waals surface area contributed by atoms with Gasteiger partial charge in [-0.1, -0.05) is 42.5 Å². The van der Waals surface area contributed by atoms with Gasteiger partial charge >= 0.3 is 5.97 Å². The first kappa shape index (κ1) is 15.6. The minimum atomic E-state index is -0.721. The van der Waals surface area contributed by atoms with Gasteiger partial charge in [0.15, 0.2) is 0 Å². The summed E-state index contributed by atoms with van der Waals surface area (Å²) in [6.45, 7) is 2.14. The molecule has 1 aliphatic heterocycles. The summed E-state index contributed by atoms with van der Waals surface area (Å²) in [4.78, 5) is 13.9. The third kappa shape index (κ3) is 3.54. The lowest BCUT2D eigenvalue weighted by molar-refractivity contribution is -0.141. The van der Waals surface area contributed by atoms with Crippen LogP contribution in [0.3, 0.4) is 0 Å². The lowest BCUT2D eigenvalue weighted by Crippen LogP contribution is -2.23. The number of aliphatic carboxylic acids is 1. The van der Waals surface area contributed by atoms with Crippen molar-refractivity contribution in [1.82, 2.24) is 4.90 Å². The molecule has 23 heavy (non-hydrogen) atoms. The van der Waals surface area contributed by atoms with Crippen LogP contribution in [0.25, 0.3) is 0 Å². The summed E-state index contributed by atoms with van der Waals surface area (Å²) >= 11 is 0. The van der Waals surface area contributed by atoms with Crippen LogP contribution in [0.15, 0.2) is 54.6 Å². The highest BCUT2D eigenvalue weighted by atomic mass is 16.5. The molecule has 0 spiro atoms. The van der Waals surface area contributed by atoms with Crippen LogP contribution in [0.2, 0.25) is 0 Å². The van der Waals surface area contributed by atoms with Gasteiger partial charge in [0.1, 0.15) is 5.75 Å². The Kier molecular flexibility index (Phi) is 4.63. The summed E-state index contributed by atoms with van der Waals surface area (Å²) in [6, 6.07) is 17.9. The fourth-order valence-corrected chi connectivity index (χ4v) is 3.30. The van der Waals surface area contributed by atoms with E-state index in [0.29, 0.717) is 6.54 Å². The van der Waals surface area contributed by atoms with Crippen LogP contribution >= 0.6 is 0 Å². The minimum absolute atomic E-state index is 0.0159. The number of carboxylic acids is 1. The quantitative estimate of drug-likeness (QED) is 0.922. The normalized spacial score (nSPS) is 21.3. The first-order chi connectivity index (χ1) is 11.2. The molecule has 2 aromatic rings. The summed E-state index contributed by atoms with van der Waals surface area (Å²) in [7, 11) is 1.63. The maximum absolute atomic E-state index is 11.7. The molecule has 0 aliphatic carbocycles. The summed E-state index contributed by atoms with van der Waals surface area (Å²) in [5.41, 5.74) is 2.28. The maximum atomic E-state index is 11.7. The van der Waals surface area contributed by atoms with Gasteiger partial charge in [0.05, 0.1) is 13.0 Å². The van der Waals surface area contributed by atoms with Gasteiger partial charge in [-0.15, -0.1) is 0 Å². The molecule has 1 fully saturated rings. The van der Waals surface area contributed by atoms with Gasteiger partial charge in [0, 0.05) is 25.6 Å². The average molecular weight is 311 g/mol. The third-order valence-corrected chi connectivity index (χ3v) is 4.51. The topological polar surface area (TPSA) is 49.8 Å². The molecule has 120 valence electrons. The largest absolute Gasteiger partial charge is 0.497 e. The fraction of sp³-hybridized carbons (Fsp3) is 0.316. The summed E-state index contributed by atoms with van der Waals surface area (Å²) in [5, 5.41) is 9.58. The zero-order chi connectivity index (χ0) is 16.2. The maximum Gasteiger partial charge on any atom is 0.308 e. The van der Waals surface area contributed by atoms with Crippen molar-refractivity contribution in [2.45, 2.75) is 12.5 Å². The van der Waals surface area contributed by atoms with Gasteiger partial charge in [0.2, 0.25) is 0 Å². The molecule has 4 nitrogen and oxygen atoms in total.